The zero-order valence-electron chi connectivity index (χ0n) is 13.9. The average Bonchev–Trinajstić information content (AvgIpc) is 3.17. The second-order valence-corrected chi connectivity index (χ2v) is 9.40. The summed E-state index contributed by atoms with van der Waals surface area (Å²) in [6.07, 6.45) is 3.46. The van der Waals surface area contributed by atoms with E-state index in [-0.39, 0.29) is 11.2 Å². The predicted octanol–water partition coefficient (Wildman–Crippen LogP) is 4.13. The lowest BCUT2D eigenvalue weighted by molar-refractivity contribution is -0.113. The molecule has 0 aromatic heterocycles. The van der Waals surface area contributed by atoms with Crippen molar-refractivity contribution in [3.05, 3.63) is 54.6 Å². The van der Waals surface area contributed by atoms with Gasteiger partial charge in [-0.1, -0.05) is 31.0 Å². The molecule has 3 rings (SSSR count). The summed E-state index contributed by atoms with van der Waals surface area (Å²) in [5.41, 5.74) is 0.615. The van der Waals surface area contributed by atoms with Crippen LogP contribution in [0.15, 0.2) is 64.4 Å². The Bertz CT molecular complexity index is 812. The number of carbonyl (C=O) groups excluding carboxylic acids is 1. The van der Waals surface area contributed by atoms with E-state index in [0.29, 0.717) is 16.3 Å². The van der Waals surface area contributed by atoms with Crippen molar-refractivity contribution in [1.29, 1.82) is 0 Å². The lowest BCUT2D eigenvalue weighted by atomic mass is 10.3. The van der Waals surface area contributed by atoms with Crippen LogP contribution in [0.5, 0.6) is 0 Å². The van der Waals surface area contributed by atoms with Gasteiger partial charge in [0.25, 0.3) is 0 Å². The Morgan fingerprint density at radius 3 is 2.28 bits per heavy atom. The van der Waals surface area contributed by atoms with Crippen LogP contribution in [-0.2, 0) is 14.6 Å². The van der Waals surface area contributed by atoms with Crippen molar-refractivity contribution in [2.24, 2.45) is 0 Å². The Morgan fingerprint density at radius 2 is 1.64 bits per heavy atom. The molecule has 1 aliphatic carbocycles. The molecule has 0 saturated heterocycles. The Labute approximate surface area is 152 Å². The summed E-state index contributed by atoms with van der Waals surface area (Å²) in [6, 6.07) is 16.2. The average molecular weight is 376 g/mol. The smallest absolute Gasteiger partial charge is 0.234 e. The third-order valence-corrected chi connectivity index (χ3v) is 7.61. The van der Waals surface area contributed by atoms with Crippen molar-refractivity contribution in [2.75, 3.05) is 11.1 Å². The van der Waals surface area contributed by atoms with Crippen LogP contribution in [0.4, 0.5) is 5.69 Å². The molecule has 0 heterocycles. The van der Waals surface area contributed by atoms with Gasteiger partial charge in [0.15, 0.2) is 9.84 Å². The van der Waals surface area contributed by atoms with Gasteiger partial charge >= 0.3 is 0 Å². The van der Waals surface area contributed by atoms with Gasteiger partial charge in [0.2, 0.25) is 5.91 Å². The third kappa shape index (κ3) is 4.64. The molecular formula is C19H21NO3S2. The minimum absolute atomic E-state index is 0.111. The SMILES string of the molecule is O=C(CSc1ccccc1)Nc1ccc(S(=O)(=O)C2CCCC2)cc1. The zero-order chi connectivity index (χ0) is 17.7. The fourth-order valence-corrected chi connectivity index (χ4v) is 5.56. The standard InChI is InChI=1S/C19H21NO3S2/c21-19(14-24-16-6-2-1-3-7-16)20-15-10-12-18(13-11-15)25(22,23)17-8-4-5-9-17/h1-3,6-7,10-13,17H,4-5,8-9,14H2,(H,20,21). The molecule has 2 aromatic rings. The molecule has 1 N–H and O–H groups in total. The summed E-state index contributed by atoms with van der Waals surface area (Å²) in [5, 5.41) is 2.55. The van der Waals surface area contributed by atoms with E-state index >= 15 is 0 Å². The molecular weight excluding hydrogens is 354 g/mol. The molecule has 6 heteroatoms. The third-order valence-electron chi connectivity index (χ3n) is 4.32. The monoisotopic (exact) mass is 375 g/mol. The van der Waals surface area contributed by atoms with Crippen molar-refractivity contribution in [3.8, 4) is 0 Å². The predicted molar refractivity (Wildman–Crippen MR) is 102 cm³/mol. The quantitative estimate of drug-likeness (QED) is 0.771. The fourth-order valence-electron chi connectivity index (χ4n) is 2.98. The molecule has 1 saturated carbocycles. The summed E-state index contributed by atoms with van der Waals surface area (Å²) >= 11 is 1.46. The van der Waals surface area contributed by atoms with E-state index in [9.17, 15) is 13.2 Å². The molecule has 0 atom stereocenters. The molecule has 0 aliphatic heterocycles. The van der Waals surface area contributed by atoms with E-state index in [1.807, 2.05) is 30.3 Å². The lowest BCUT2D eigenvalue weighted by Crippen LogP contribution is -2.18. The first-order chi connectivity index (χ1) is 12.1. The highest BCUT2D eigenvalue weighted by molar-refractivity contribution is 8.00. The van der Waals surface area contributed by atoms with Gasteiger partial charge in [-0.25, -0.2) is 8.42 Å². The summed E-state index contributed by atoms with van der Waals surface area (Å²) in [5.74, 6) is 0.201. The molecule has 0 bridgehead atoms. The van der Waals surface area contributed by atoms with Gasteiger partial charge in [0.05, 0.1) is 15.9 Å². The number of thioether (sulfide) groups is 1. The minimum Gasteiger partial charge on any atom is -0.325 e. The highest BCUT2D eigenvalue weighted by atomic mass is 32.2. The maximum Gasteiger partial charge on any atom is 0.234 e. The van der Waals surface area contributed by atoms with Crippen LogP contribution in [0.2, 0.25) is 0 Å². The van der Waals surface area contributed by atoms with Crippen LogP contribution < -0.4 is 5.32 Å². The van der Waals surface area contributed by atoms with Crippen molar-refractivity contribution in [2.45, 2.75) is 40.7 Å². The molecule has 4 nitrogen and oxygen atoms in total. The van der Waals surface area contributed by atoms with Crippen LogP contribution in [0, 0.1) is 0 Å². The van der Waals surface area contributed by atoms with E-state index in [2.05, 4.69) is 5.32 Å². The number of anilines is 1. The van der Waals surface area contributed by atoms with Crippen LogP contribution in [0.25, 0.3) is 0 Å². The van der Waals surface area contributed by atoms with Crippen LogP contribution in [-0.4, -0.2) is 25.3 Å². The largest absolute Gasteiger partial charge is 0.325 e. The molecule has 0 spiro atoms. The number of hydrogen-bond donors (Lipinski definition) is 1. The molecule has 0 unspecified atom stereocenters. The van der Waals surface area contributed by atoms with Gasteiger partial charge in [-0.3, -0.25) is 4.79 Å². The molecule has 2 aromatic carbocycles. The molecule has 25 heavy (non-hydrogen) atoms. The Hall–Kier alpha value is -1.79. The Kier molecular flexibility index (Phi) is 5.81. The molecule has 1 aliphatic rings. The number of amides is 1. The second-order valence-electron chi connectivity index (χ2n) is 6.13. The first kappa shape index (κ1) is 18.0. The van der Waals surface area contributed by atoms with Gasteiger partial charge in [0.1, 0.15) is 0 Å². The van der Waals surface area contributed by atoms with E-state index in [1.165, 1.54) is 11.8 Å². The Morgan fingerprint density at radius 1 is 1.00 bits per heavy atom. The minimum atomic E-state index is -3.25. The van der Waals surface area contributed by atoms with Crippen molar-refractivity contribution in [1.82, 2.24) is 0 Å². The molecule has 0 radical (unpaired) electrons. The van der Waals surface area contributed by atoms with E-state index in [0.717, 1.165) is 30.6 Å². The fraction of sp³-hybridized carbons (Fsp3) is 0.316. The Balaban J connectivity index is 1.58. The van der Waals surface area contributed by atoms with Crippen LogP contribution >= 0.6 is 11.8 Å². The van der Waals surface area contributed by atoms with Crippen LogP contribution in [0.3, 0.4) is 0 Å². The summed E-state index contributed by atoms with van der Waals surface area (Å²) < 4.78 is 25.1. The van der Waals surface area contributed by atoms with Crippen molar-refractivity contribution >= 4 is 33.2 Å². The normalized spacial score (nSPS) is 15.2. The summed E-state index contributed by atoms with van der Waals surface area (Å²) in [4.78, 5) is 13.4. The van der Waals surface area contributed by atoms with Crippen LogP contribution in [0.1, 0.15) is 25.7 Å². The highest BCUT2D eigenvalue weighted by Crippen LogP contribution is 2.30. The van der Waals surface area contributed by atoms with E-state index < -0.39 is 9.84 Å². The lowest BCUT2D eigenvalue weighted by Gasteiger charge is -2.12. The number of carbonyl (C=O) groups is 1. The molecule has 1 fully saturated rings. The van der Waals surface area contributed by atoms with Gasteiger partial charge in [0, 0.05) is 10.6 Å². The highest BCUT2D eigenvalue weighted by Gasteiger charge is 2.30. The summed E-state index contributed by atoms with van der Waals surface area (Å²) in [7, 11) is -3.25. The van der Waals surface area contributed by atoms with Gasteiger partial charge in [-0.2, -0.15) is 0 Å². The van der Waals surface area contributed by atoms with Gasteiger partial charge in [-0.05, 0) is 49.2 Å². The van der Waals surface area contributed by atoms with E-state index in [4.69, 9.17) is 0 Å². The van der Waals surface area contributed by atoms with Gasteiger partial charge in [-0.15, -0.1) is 11.8 Å². The summed E-state index contributed by atoms with van der Waals surface area (Å²) in [6.45, 7) is 0. The second kappa shape index (κ2) is 8.06. The number of benzene rings is 2. The van der Waals surface area contributed by atoms with Crippen molar-refractivity contribution in [3.63, 3.8) is 0 Å². The number of nitrogens with one attached hydrogen (secondary N) is 1. The first-order valence-corrected chi connectivity index (χ1v) is 10.9. The molecule has 132 valence electrons. The maximum absolute atomic E-state index is 12.5. The number of hydrogen-bond acceptors (Lipinski definition) is 4. The number of rotatable bonds is 6. The number of sulfone groups is 1. The first-order valence-electron chi connectivity index (χ1n) is 8.37. The van der Waals surface area contributed by atoms with E-state index in [1.54, 1.807) is 24.3 Å². The maximum atomic E-state index is 12.5. The zero-order valence-corrected chi connectivity index (χ0v) is 15.5. The molecule has 1 amide bonds. The van der Waals surface area contributed by atoms with Gasteiger partial charge < -0.3 is 5.32 Å². The van der Waals surface area contributed by atoms with Crippen molar-refractivity contribution < 1.29 is 13.2 Å². The topological polar surface area (TPSA) is 63.2 Å².